The Morgan fingerprint density at radius 2 is 1.45 bits per heavy atom. The highest BCUT2D eigenvalue weighted by Gasteiger charge is 2.38. The summed E-state index contributed by atoms with van der Waals surface area (Å²) >= 11 is 1.69. The summed E-state index contributed by atoms with van der Waals surface area (Å²) in [4.78, 5) is 38.3. The van der Waals surface area contributed by atoms with E-state index in [9.17, 15) is 19.5 Å². The Bertz CT molecular complexity index is 1060. The molecule has 1 aromatic carbocycles. The maximum atomic E-state index is 13.6. The van der Waals surface area contributed by atoms with Crippen LogP contribution >= 0.6 is 11.8 Å². The summed E-state index contributed by atoms with van der Waals surface area (Å²) in [5.41, 5.74) is -0.0889. The fraction of sp³-hybridized carbons (Fsp3) is 0.595. The quantitative estimate of drug-likeness (QED) is 0.0513. The number of thioether (sulfide) groups is 1. The molecule has 1 aromatic rings. The third-order valence-electron chi connectivity index (χ3n) is 7.60. The third-order valence-corrected chi connectivity index (χ3v) is 9.41. The van der Waals surface area contributed by atoms with E-state index in [1.54, 1.807) is 23.9 Å². The highest BCUT2D eigenvalue weighted by atomic mass is 32.2. The number of carbonyl (C=O) groups excluding carboxylic acids is 2. The van der Waals surface area contributed by atoms with Crippen molar-refractivity contribution in [1.82, 2.24) is 5.32 Å². The number of hydrogen-bond donors (Lipinski definition) is 2. The molecule has 0 saturated heterocycles. The maximum absolute atomic E-state index is 13.6. The van der Waals surface area contributed by atoms with Crippen LogP contribution in [0.2, 0.25) is 0 Å². The van der Waals surface area contributed by atoms with Gasteiger partial charge in [-0.15, -0.1) is 11.8 Å². The van der Waals surface area contributed by atoms with Crippen molar-refractivity contribution in [3.63, 3.8) is 0 Å². The summed E-state index contributed by atoms with van der Waals surface area (Å²) in [5.74, 6) is -0.967. The number of allylic oxidation sites excluding steroid dienone is 6. The fourth-order valence-electron chi connectivity index (χ4n) is 4.89. The van der Waals surface area contributed by atoms with Crippen LogP contribution < -0.4 is 10.1 Å². The molecule has 246 valence electrons. The number of benzene rings is 1. The van der Waals surface area contributed by atoms with Crippen LogP contribution in [0.5, 0.6) is 5.75 Å². The molecule has 7 heteroatoms. The van der Waals surface area contributed by atoms with Crippen LogP contribution in [0.1, 0.15) is 128 Å². The molecular weight excluding hydrogens is 570 g/mol. The summed E-state index contributed by atoms with van der Waals surface area (Å²) in [6.45, 7) is 10.1. The van der Waals surface area contributed by atoms with Gasteiger partial charge in [0.15, 0.2) is 0 Å². The highest BCUT2D eigenvalue weighted by molar-refractivity contribution is 8.01. The highest BCUT2D eigenvalue weighted by Crippen LogP contribution is 2.34. The first-order valence-electron chi connectivity index (χ1n) is 16.6. The zero-order chi connectivity index (χ0) is 32.6. The van der Waals surface area contributed by atoms with Crippen LogP contribution in [0.4, 0.5) is 0 Å². The predicted molar refractivity (Wildman–Crippen MR) is 185 cm³/mol. The smallest absolute Gasteiger partial charge is 0.339 e. The Morgan fingerprint density at radius 1 is 0.864 bits per heavy atom. The van der Waals surface area contributed by atoms with Gasteiger partial charge in [0.2, 0.25) is 5.91 Å². The number of carboxylic acid groups (broad SMARTS) is 1. The Balaban J connectivity index is 2.49. The summed E-state index contributed by atoms with van der Waals surface area (Å²) in [6, 6.07) is 5.19. The molecule has 1 amide bonds. The molecule has 0 heterocycles. The molecule has 1 unspecified atom stereocenters. The first kappa shape index (κ1) is 39.2. The first-order valence-corrected chi connectivity index (χ1v) is 17.6. The van der Waals surface area contributed by atoms with Gasteiger partial charge in [0, 0.05) is 0 Å². The molecule has 0 aliphatic rings. The normalized spacial score (nSPS) is 12.9. The van der Waals surface area contributed by atoms with E-state index in [1.807, 2.05) is 27.7 Å². The number of esters is 1. The lowest BCUT2D eigenvalue weighted by atomic mass is 9.98. The Kier molecular flexibility index (Phi) is 21.0. The van der Waals surface area contributed by atoms with E-state index in [2.05, 4.69) is 48.7 Å². The van der Waals surface area contributed by atoms with Crippen LogP contribution in [0.25, 0.3) is 0 Å². The number of rotatable bonds is 24. The minimum atomic E-state index is -1.17. The monoisotopic (exact) mass is 627 g/mol. The fourth-order valence-corrected chi connectivity index (χ4v) is 6.23. The molecule has 2 N–H and O–H groups in total. The first-order chi connectivity index (χ1) is 21.2. The van der Waals surface area contributed by atoms with E-state index >= 15 is 0 Å². The van der Waals surface area contributed by atoms with Crippen LogP contribution in [-0.4, -0.2) is 39.5 Å². The summed E-state index contributed by atoms with van der Waals surface area (Å²) in [6.07, 6.45) is 26.5. The number of unbranched alkanes of at least 4 members (excludes halogenated alkanes) is 6. The van der Waals surface area contributed by atoms with Gasteiger partial charge in [0.05, 0.1) is 4.75 Å². The number of hydrogen-bond acceptors (Lipinski definition) is 5. The van der Waals surface area contributed by atoms with Crippen LogP contribution in [0.3, 0.4) is 0 Å². The molecule has 0 aromatic heterocycles. The van der Waals surface area contributed by atoms with Gasteiger partial charge in [-0.05, 0) is 81.6 Å². The number of ether oxygens (including phenoxy) is 1. The average Bonchev–Trinajstić information content (AvgIpc) is 3.00. The lowest BCUT2D eigenvalue weighted by molar-refractivity contribution is -0.140. The largest absolute Gasteiger partial charge is 0.478 e. The zero-order valence-corrected chi connectivity index (χ0v) is 28.6. The molecule has 0 radical (unpaired) electrons. The molecule has 1 rings (SSSR count). The molecule has 0 fully saturated rings. The molecule has 44 heavy (non-hydrogen) atoms. The maximum Gasteiger partial charge on any atom is 0.339 e. The average molecular weight is 628 g/mol. The van der Waals surface area contributed by atoms with E-state index in [1.165, 1.54) is 37.8 Å². The number of aromatic carboxylic acids is 1. The Hall–Kier alpha value is -2.80. The molecular formula is C37H57NO5S. The standard InChI is InChI=1S/C37H57NO5S/c1-6-9-10-11-12-13-14-15-16-17-18-19-20-21-22-25-28-44-37(7-2,8-3)36(42)38-32(29-30(4)5)35(41)43-33-27-24-23-26-31(33)34(39)40/h9-10,12-13,15-16,23-24,26-27,30,32H,6-8,11,14,17-22,25,28-29H2,1-5H3,(H,38,42)(H,39,40)/b10-9-,13-12-,16-15-. The van der Waals surface area contributed by atoms with Crippen molar-refractivity contribution in [3.8, 4) is 5.75 Å². The third kappa shape index (κ3) is 15.8. The zero-order valence-electron chi connectivity index (χ0n) is 27.8. The van der Waals surface area contributed by atoms with Crippen LogP contribution in [-0.2, 0) is 9.59 Å². The molecule has 0 bridgehead atoms. The minimum Gasteiger partial charge on any atom is -0.478 e. The van der Waals surface area contributed by atoms with E-state index in [0.717, 1.165) is 44.3 Å². The molecule has 6 nitrogen and oxygen atoms in total. The van der Waals surface area contributed by atoms with Crippen LogP contribution in [0, 0.1) is 5.92 Å². The molecule has 0 aliphatic carbocycles. The van der Waals surface area contributed by atoms with Gasteiger partial charge in [-0.2, -0.15) is 0 Å². The van der Waals surface area contributed by atoms with Gasteiger partial charge in [-0.1, -0.05) is 109 Å². The molecule has 0 spiro atoms. The summed E-state index contributed by atoms with van der Waals surface area (Å²) in [5, 5.41) is 12.4. The SMILES string of the molecule is CC/C=C\C/C=C\C/C=C\CCCCCCCCSC(CC)(CC)C(=O)NC(CC(C)C)C(=O)Oc1ccccc1C(=O)O. The topological polar surface area (TPSA) is 92.7 Å². The van der Waals surface area contributed by atoms with Crippen molar-refractivity contribution in [2.24, 2.45) is 5.92 Å². The van der Waals surface area contributed by atoms with Crippen molar-refractivity contribution in [2.75, 3.05) is 5.75 Å². The molecule has 0 saturated carbocycles. The van der Waals surface area contributed by atoms with Gasteiger partial charge in [-0.25, -0.2) is 9.59 Å². The molecule has 0 aliphatic heterocycles. The van der Waals surface area contributed by atoms with Gasteiger partial charge < -0.3 is 15.2 Å². The van der Waals surface area contributed by atoms with Crippen molar-refractivity contribution < 1.29 is 24.2 Å². The number of para-hydroxylation sites is 1. The second-order valence-corrected chi connectivity index (χ2v) is 13.1. The number of amides is 1. The van der Waals surface area contributed by atoms with Gasteiger partial charge in [-0.3, -0.25) is 4.79 Å². The second kappa shape index (κ2) is 23.6. The Morgan fingerprint density at radius 3 is 2.07 bits per heavy atom. The van der Waals surface area contributed by atoms with Gasteiger partial charge in [0.25, 0.3) is 0 Å². The van der Waals surface area contributed by atoms with Gasteiger partial charge in [0.1, 0.15) is 17.4 Å². The molecule has 1 atom stereocenters. The van der Waals surface area contributed by atoms with E-state index in [0.29, 0.717) is 19.3 Å². The van der Waals surface area contributed by atoms with E-state index in [4.69, 9.17) is 4.74 Å². The number of carboxylic acids is 1. The number of carbonyl (C=O) groups is 3. The second-order valence-electron chi connectivity index (χ2n) is 11.6. The predicted octanol–water partition coefficient (Wildman–Crippen LogP) is 9.70. The van der Waals surface area contributed by atoms with E-state index in [-0.39, 0.29) is 23.1 Å². The summed E-state index contributed by atoms with van der Waals surface area (Å²) in [7, 11) is 0. The summed E-state index contributed by atoms with van der Waals surface area (Å²) < 4.78 is 4.88. The van der Waals surface area contributed by atoms with Crippen molar-refractivity contribution in [1.29, 1.82) is 0 Å². The van der Waals surface area contributed by atoms with Crippen molar-refractivity contribution in [2.45, 2.75) is 129 Å². The minimum absolute atomic E-state index is 0.0185. The lowest BCUT2D eigenvalue weighted by Crippen LogP contribution is -2.52. The Labute approximate surface area is 271 Å². The van der Waals surface area contributed by atoms with Crippen molar-refractivity contribution in [3.05, 3.63) is 66.3 Å². The van der Waals surface area contributed by atoms with Crippen molar-refractivity contribution >= 4 is 29.6 Å². The van der Waals surface area contributed by atoms with Crippen LogP contribution in [0.15, 0.2) is 60.7 Å². The van der Waals surface area contributed by atoms with Gasteiger partial charge >= 0.3 is 11.9 Å². The van der Waals surface area contributed by atoms with E-state index < -0.39 is 22.7 Å². The number of nitrogens with one attached hydrogen (secondary N) is 1. The lowest BCUT2D eigenvalue weighted by Gasteiger charge is -2.32.